The Morgan fingerprint density at radius 1 is 1.41 bits per heavy atom. The predicted octanol–water partition coefficient (Wildman–Crippen LogP) is 0.930. The number of anilines is 1. The highest BCUT2D eigenvalue weighted by molar-refractivity contribution is 5.35. The summed E-state index contributed by atoms with van der Waals surface area (Å²) in [6, 6.07) is 0.212. The Kier molecular flexibility index (Phi) is 4.85. The molecule has 2 aliphatic heterocycles. The summed E-state index contributed by atoms with van der Waals surface area (Å²) in [6.45, 7) is 3.00. The molecule has 0 unspecified atom stereocenters. The molecule has 3 rings (SSSR count). The van der Waals surface area contributed by atoms with Crippen LogP contribution >= 0.6 is 0 Å². The third-order valence-corrected chi connectivity index (χ3v) is 4.21. The molecule has 3 atom stereocenters. The van der Waals surface area contributed by atoms with Gasteiger partial charge in [-0.2, -0.15) is 0 Å². The van der Waals surface area contributed by atoms with Crippen molar-refractivity contribution >= 4 is 5.95 Å². The molecule has 2 saturated heterocycles. The van der Waals surface area contributed by atoms with Gasteiger partial charge in [0.1, 0.15) is 12.2 Å². The minimum atomic E-state index is -0.418. The van der Waals surface area contributed by atoms with Crippen LogP contribution in [-0.2, 0) is 9.47 Å². The van der Waals surface area contributed by atoms with Crippen LogP contribution < -0.4 is 4.90 Å². The van der Waals surface area contributed by atoms with Gasteiger partial charge in [-0.15, -0.1) is 0 Å². The quantitative estimate of drug-likeness (QED) is 0.806. The summed E-state index contributed by atoms with van der Waals surface area (Å²) in [5.74, 6) is 0.138. The third-order valence-electron chi connectivity index (χ3n) is 4.21. The molecule has 2 fully saturated rings. The van der Waals surface area contributed by atoms with Crippen LogP contribution in [0, 0.1) is 5.82 Å². The van der Waals surface area contributed by atoms with Crippen LogP contribution in [0.1, 0.15) is 12.8 Å². The number of ether oxygens (including phenoxy) is 2. The van der Waals surface area contributed by atoms with Crippen LogP contribution in [0.4, 0.5) is 10.3 Å². The molecule has 0 bridgehead atoms. The zero-order valence-electron chi connectivity index (χ0n) is 13.1. The van der Waals surface area contributed by atoms with E-state index in [4.69, 9.17) is 9.47 Å². The number of fused-ring (bicyclic) bond motifs is 1. The second-order valence-electron chi connectivity index (χ2n) is 6.11. The molecule has 6 nitrogen and oxygen atoms in total. The normalized spacial score (nSPS) is 28.2. The molecule has 0 spiro atoms. The highest BCUT2D eigenvalue weighted by Crippen LogP contribution is 2.32. The smallest absolute Gasteiger partial charge is 0.225 e. The van der Waals surface area contributed by atoms with Crippen LogP contribution in [0.25, 0.3) is 0 Å². The summed E-state index contributed by atoms with van der Waals surface area (Å²) in [4.78, 5) is 12.4. The third kappa shape index (κ3) is 3.37. The maximum atomic E-state index is 13.0. The van der Waals surface area contributed by atoms with Gasteiger partial charge >= 0.3 is 0 Å². The van der Waals surface area contributed by atoms with Crippen LogP contribution in [0.15, 0.2) is 12.4 Å². The maximum Gasteiger partial charge on any atom is 0.225 e. The fraction of sp³-hybridized carbons (Fsp3) is 0.733. The summed E-state index contributed by atoms with van der Waals surface area (Å²) in [6.07, 6.45) is 4.52. The van der Waals surface area contributed by atoms with Crippen molar-refractivity contribution in [2.24, 2.45) is 0 Å². The molecule has 22 heavy (non-hydrogen) atoms. The van der Waals surface area contributed by atoms with E-state index in [0.717, 1.165) is 26.0 Å². The zero-order chi connectivity index (χ0) is 15.5. The molecular weight excluding hydrogens is 287 g/mol. The highest BCUT2D eigenvalue weighted by atomic mass is 19.1. The number of likely N-dealkylation sites (N-methyl/N-ethyl adjacent to an activating group) is 1. The van der Waals surface area contributed by atoms with Crippen LogP contribution in [0.3, 0.4) is 0 Å². The molecule has 1 aromatic heterocycles. The molecule has 0 amide bonds. The Labute approximate surface area is 130 Å². The highest BCUT2D eigenvalue weighted by Gasteiger charge is 2.45. The molecular formula is C15H23FN4O2. The summed E-state index contributed by atoms with van der Waals surface area (Å²) in [5, 5.41) is 0. The van der Waals surface area contributed by atoms with Gasteiger partial charge in [0.2, 0.25) is 5.95 Å². The lowest BCUT2D eigenvalue weighted by atomic mass is 10.0. The largest absolute Gasteiger partial charge is 0.373 e. The van der Waals surface area contributed by atoms with Crippen LogP contribution in [0.2, 0.25) is 0 Å². The standard InChI is InChI=1S/C15H23FN4O2/c1-19(2)5-7-21-13-10-20(12-4-3-6-22-14(12)13)15-17-8-11(16)9-18-15/h8-9,12-14H,3-7,10H2,1-2H3/t12-,13+,14+/m0/s1. The van der Waals surface area contributed by atoms with Gasteiger partial charge in [0.15, 0.2) is 5.82 Å². The van der Waals surface area contributed by atoms with Gasteiger partial charge in [-0.3, -0.25) is 0 Å². The molecule has 122 valence electrons. The second-order valence-corrected chi connectivity index (χ2v) is 6.11. The summed E-state index contributed by atoms with van der Waals surface area (Å²) in [5.41, 5.74) is 0. The minimum Gasteiger partial charge on any atom is -0.373 e. The Hall–Kier alpha value is -1.31. The average Bonchev–Trinajstić information content (AvgIpc) is 2.87. The summed E-state index contributed by atoms with van der Waals surface area (Å²) in [7, 11) is 4.05. The average molecular weight is 310 g/mol. The van der Waals surface area contributed by atoms with Crippen molar-refractivity contribution < 1.29 is 13.9 Å². The van der Waals surface area contributed by atoms with E-state index in [0.29, 0.717) is 19.1 Å². The van der Waals surface area contributed by atoms with Crippen molar-refractivity contribution in [2.45, 2.75) is 31.1 Å². The number of aromatic nitrogens is 2. The van der Waals surface area contributed by atoms with Crippen LogP contribution in [-0.4, -0.2) is 73.5 Å². The topological polar surface area (TPSA) is 50.7 Å². The van der Waals surface area contributed by atoms with E-state index in [9.17, 15) is 4.39 Å². The van der Waals surface area contributed by atoms with Crippen LogP contribution in [0.5, 0.6) is 0 Å². The van der Waals surface area contributed by atoms with Crippen molar-refractivity contribution in [3.05, 3.63) is 18.2 Å². The van der Waals surface area contributed by atoms with E-state index in [-0.39, 0.29) is 18.2 Å². The van der Waals surface area contributed by atoms with Crippen molar-refractivity contribution in [1.29, 1.82) is 0 Å². The van der Waals surface area contributed by atoms with Crippen molar-refractivity contribution in [1.82, 2.24) is 14.9 Å². The monoisotopic (exact) mass is 310 g/mol. The summed E-state index contributed by atoms with van der Waals surface area (Å²) >= 11 is 0. The molecule has 3 heterocycles. The van der Waals surface area contributed by atoms with E-state index in [1.807, 2.05) is 14.1 Å². The zero-order valence-corrected chi connectivity index (χ0v) is 13.1. The maximum absolute atomic E-state index is 13.0. The predicted molar refractivity (Wildman–Crippen MR) is 80.4 cm³/mol. The number of halogens is 1. The van der Waals surface area contributed by atoms with E-state index < -0.39 is 5.82 Å². The lowest BCUT2D eigenvalue weighted by Gasteiger charge is -2.32. The molecule has 0 aromatic carbocycles. The van der Waals surface area contributed by atoms with Gasteiger partial charge in [-0.1, -0.05) is 0 Å². The molecule has 0 saturated carbocycles. The lowest BCUT2D eigenvalue weighted by Crippen LogP contribution is -2.42. The van der Waals surface area contributed by atoms with Gasteiger partial charge in [-0.05, 0) is 26.9 Å². The van der Waals surface area contributed by atoms with E-state index >= 15 is 0 Å². The van der Waals surface area contributed by atoms with E-state index in [2.05, 4.69) is 19.8 Å². The van der Waals surface area contributed by atoms with Gasteiger partial charge in [0.25, 0.3) is 0 Å². The van der Waals surface area contributed by atoms with Gasteiger partial charge < -0.3 is 19.3 Å². The van der Waals surface area contributed by atoms with Crippen molar-refractivity contribution in [2.75, 3.05) is 45.3 Å². The number of hydrogen-bond donors (Lipinski definition) is 0. The molecule has 2 aliphatic rings. The second kappa shape index (κ2) is 6.85. The Morgan fingerprint density at radius 2 is 2.18 bits per heavy atom. The number of hydrogen-bond acceptors (Lipinski definition) is 6. The first-order chi connectivity index (χ1) is 10.6. The SMILES string of the molecule is CN(C)CCO[C@@H]1CN(c2ncc(F)cn2)[C@H]2CCCO[C@@H]12. The first-order valence-electron chi connectivity index (χ1n) is 7.77. The van der Waals surface area contributed by atoms with E-state index in [1.54, 1.807) is 0 Å². The molecule has 1 aromatic rings. The number of nitrogens with zero attached hydrogens (tertiary/aromatic N) is 4. The van der Waals surface area contributed by atoms with Gasteiger partial charge in [0.05, 0.1) is 31.6 Å². The first kappa shape index (κ1) is 15.6. The Bertz CT molecular complexity index is 485. The fourth-order valence-electron chi connectivity index (χ4n) is 3.13. The van der Waals surface area contributed by atoms with Crippen molar-refractivity contribution in [3.63, 3.8) is 0 Å². The molecule has 0 aliphatic carbocycles. The number of rotatable bonds is 5. The van der Waals surface area contributed by atoms with E-state index in [1.165, 1.54) is 12.4 Å². The van der Waals surface area contributed by atoms with Gasteiger partial charge in [0, 0.05) is 13.2 Å². The first-order valence-corrected chi connectivity index (χ1v) is 7.77. The Morgan fingerprint density at radius 3 is 2.91 bits per heavy atom. The molecule has 0 N–H and O–H groups in total. The minimum absolute atomic E-state index is 0.0129. The molecule has 0 radical (unpaired) electrons. The fourth-order valence-corrected chi connectivity index (χ4v) is 3.13. The Balaban J connectivity index is 1.70. The van der Waals surface area contributed by atoms with Gasteiger partial charge in [-0.25, -0.2) is 14.4 Å². The summed E-state index contributed by atoms with van der Waals surface area (Å²) < 4.78 is 25.0. The van der Waals surface area contributed by atoms with Crippen molar-refractivity contribution in [3.8, 4) is 0 Å². The molecule has 7 heteroatoms. The lowest BCUT2D eigenvalue weighted by molar-refractivity contribution is -0.0748.